The van der Waals surface area contributed by atoms with Gasteiger partial charge in [0, 0.05) is 44.8 Å². The number of ketones is 1. The first kappa shape index (κ1) is 48.4. The number of aliphatic hydroxyl groups is 1. The maximum absolute atomic E-state index is 14.1. The maximum atomic E-state index is 14.1. The van der Waals surface area contributed by atoms with E-state index in [2.05, 4.69) is 21.4 Å². The average Bonchev–Trinajstić information content (AvgIpc) is 3.17. The quantitative estimate of drug-likeness (QED) is 0.0471. The molecule has 314 valence electrons. The lowest BCUT2D eigenvalue weighted by molar-refractivity contribution is -0.156. The van der Waals surface area contributed by atoms with Crippen LogP contribution in [-0.4, -0.2) is 96.8 Å². The molecule has 5 N–H and O–H groups in total. The van der Waals surface area contributed by atoms with E-state index in [1.807, 2.05) is 70.2 Å². The highest BCUT2D eigenvalue weighted by Gasteiger charge is 2.35. The van der Waals surface area contributed by atoms with Crippen LogP contribution in [0.3, 0.4) is 0 Å². The number of benzene rings is 1. The zero-order valence-electron chi connectivity index (χ0n) is 35.0. The van der Waals surface area contributed by atoms with Gasteiger partial charge in [0.1, 0.15) is 30.3 Å². The lowest BCUT2D eigenvalue weighted by Gasteiger charge is -2.36. The van der Waals surface area contributed by atoms with Gasteiger partial charge in [-0.15, -0.1) is 0 Å². The summed E-state index contributed by atoms with van der Waals surface area (Å²) in [5.74, 6) is -2.34. The van der Waals surface area contributed by atoms with Crippen molar-refractivity contribution in [2.45, 2.75) is 117 Å². The number of allylic oxidation sites excluding steroid dienone is 5. The number of hydrogen-bond donors (Lipinski definition) is 5. The molecule has 1 aromatic rings. The van der Waals surface area contributed by atoms with Crippen molar-refractivity contribution < 1.29 is 38.6 Å². The highest BCUT2D eigenvalue weighted by Crippen LogP contribution is 2.21. The molecule has 1 heterocycles. The Balaban J connectivity index is 2.20. The van der Waals surface area contributed by atoms with Gasteiger partial charge in [0.05, 0.1) is 12.1 Å². The van der Waals surface area contributed by atoms with Gasteiger partial charge in [-0.3, -0.25) is 24.2 Å². The van der Waals surface area contributed by atoms with Gasteiger partial charge in [0.2, 0.25) is 11.8 Å². The van der Waals surface area contributed by atoms with Gasteiger partial charge < -0.3 is 35.4 Å². The number of aliphatic hydroxyl groups excluding tert-OH is 1. The van der Waals surface area contributed by atoms with Crippen molar-refractivity contribution >= 4 is 35.8 Å². The first-order chi connectivity index (χ1) is 27.1. The lowest BCUT2D eigenvalue weighted by atomic mass is 9.87. The number of aldehydes is 1. The van der Waals surface area contributed by atoms with Gasteiger partial charge in [0.15, 0.2) is 0 Å². The summed E-state index contributed by atoms with van der Waals surface area (Å²) in [7, 11) is 3.23. The van der Waals surface area contributed by atoms with Gasteiger partial charge in [-0.25, -0.2) is 5.43 Å². The van der Waals surface area contributed by atoms with Crippen LogP contribution in [0.2, 0.25) is 0 Å². The fourth-order valence-electron chi connectivity index (χ4n) is 6.54. The first-order valence-electron chi connectivity index (χ1n) is 19.9. The Hall–Kier alpha value is -4.72. The van der Waals surface area contributed by atoms with Crippen LogP contribution < -0.4 is 21.4 Å². The van der Waals surface area contributed by atoms with Crippen LogP contribution in [-0.2, 0) is 39.9 Å². The molecular formula is C44H65N5O8. The molecule has 7 atom stereocenters. The number of ether oxygens (including phenoxy) is 1. The molecule has 1 aromatic carbocycles. The van der Waals surface area contributed by atoms with E-state index in [1.54, 1.807) is 32.2 Å². The molecular weight excluding hydrogens is 727 g/mol. The summed E-state index contributed by atoms with van der Waals surface area (Å²) < 4.78 is 6.04. The molecule has 13 nitrogen and oxygen atoms in total. The Morgan fingerprint density at radius 3 is 2.35 bits per heavy atom. The molecule has 0 radical (unpaired) electrons. The standard InChI is InChI=1S/C44H65N5O8/c1-29(2)40(46-8)42(54)47-37(27-34-19-13-16-30(3)26-34)43(55)49-25-15-20-36(48-49)44(56)57-38(31(4)18-14-22-39(52)45-7)21-12-10-9-11-17-32(5)41(53)35(28-50)24-23-33(6)51/h9-14,16,18-19,22,26,28-29,32,35-38,40-41,46,48,53H,15,17,20-21,23-25,27H2,1-8H3,(H,45,52)(H,47,54)/b11-9+,12-10+,22-14+,31-18+/t32?,35?,36?,37?,38-,40?,41?/m0/s1. The predicted octanol–water partition coefficient (Wildman–Crippen LogP) is 4.00. The maximum Gasteiger partial charge on any atom is 0.325 e. The summed E-state index contributed by atoms with van der Waals surface area (Å²) in [6.45, 7) is 11.3. The van der Waals surface area contributed by atoms with Crippen LogP contribution in [0.1, 0.15) is 84.3 Å². The van der Waals surface area contributed by atoms with Gasteiger partial charge in [0.25, 0.3) is 5.91 Å². The Kier molecular flexibility index (Phi) is 21.7. The van der Waals surface area contributed by atoms with Crippen LogP contribution in [0.15, 0.2) is 72.4 Å². The van der Waals surface area contributed by atoms with Crippen molar-refractivity contribution in [2.24, 2.45) is 17.8 Å². The molecule has 0 aromatic heterocycles. The molecule has 3 amide bonds. The smallest absolute Gasteiger partial charge is 0.325 e. The second-order valence-electron chi connectivity index (χ2n) is 15.2. The fourth-order valence-corrected chi connectivity index (χ4v) is 6.54. The second kappa shape index (κ2) is 25.5. The SMILES string of the molecule is CNC(=O)/C=C/C=C(\C)[C@H](C/C=C/C=C/CC(C)C(O)C(C=O)CCC(C)=O)OC(=O)C1CCCN(C(=O)C(Cc2cccc(C)c2)NC(=O)C(NC)C(C)C)N1. The number of nitrogens with zero attached hydrogens (tertiary/aromatic N) is 1. The van der Waals surface area contributed by atoms with Crippen molar-refractivity contribution in [3.8, 4) is 0 Å². The monoisotopic (exact) mass is 791 g/mol. The van der Waals surface area contributed by atoms with Crippen molar-refractivity contribution in [3.63, 3.8) is 0 Å². The molecule has 57 heavy (non-hydrogen) atoms. The zero-order chi connectivity index (χ0) is 42.5. The Morgan fingerprint density at radius 1 is 1.04 bits per heavy atom. The molecule has 1 aliphatic heterocycles. The van der Waals surface area contributed by atoms with Crippen molar-refractivity contribution in [3.05, 3.63) is 83.5 Å². The summed E-state index contributed by atoms with van der Waals surface area (Å²) in [4.78, 5) is 75.7. The third-order valence-corrected chi connectivity index (χ3v) is 10.0. The number of esters is 1. The number of nitrogens with one attached hydrogen (secondary N) is 4. The summed E-state index contributed by atoms with van der Waals surface area (Å²) in [5.41, 5.74) is 5.69. The first-order valence-corrected chi connectivity index (χ1v) is 19.9. The largest absolute Gasteiger partial charge is 0.456 e. The molecule has 0 spiro atoms. The van der Waals surface area contributed by atoms with E-state index in [-0.39, 0.29) is 48.2 Å². The van der Waals surface area contributed by atoms with Gasteiger partial charge in [-0.05, 0) is 76.5 Å². The number of Topliss-reactive ketones (excluding diaryl/α,β-unsaturated/α-hetero) is 1. The predicted molar refractivity (Wildman–Crippen MR) is 221 cm³/mol. The van der Waals surface area contributed by atoms with Gasteiger partial charge >= 0.3 is 5.97 Å². The highest BCUT2D eigenvalue weighted by atomic mass is 16.5. The van der Waals surface area contributed by atoms with Crippen LogP contribution >= 0.6 is 0 Å². The number of aryl methyl sites for hydroxylation is 1. The molecule has 0 aliphatic carbocycles. The Morgan fingerprint density at radius 2 is 1.74 bits per heavy atom. The van der Waals surface area contributed by atoms with Gasteiger partial charge in [-0.1, -0.05) is 87.1 Å². The third kappa shape index (κ3) is 17.1. The molecule has 1 saturated heterocycles. The fraction of sp³-hybridized carbons (Fsp3) is 0.545. The van der Waals surface area contributed by atoms with Crippen molar-refractivity contribution in [1.29, 1.82) is 0 Å². The summed E-state index contributed by atoms with van der Waals surface area (Å²) in [5, 5.41) is 20.6. The molecule has 2 rings (SSSR count). The number of amides is 3. The third-order valence-electron chi connectivity index (χ3n) is 10.0. The summed E-state index contributed by atoms with van der Waals surface area (Å²) in [6.07, 6.45) is 13.7. The number of hydrogen-bond acceptors (Lipinski definition) is 10. The number of hydrazine groups is 1. The van der Waals surface area contributed by atoms with Crippen LogP contribution in [0, 0.1) is 24.7 Å². The summed E-state index contributed by atoms with van der Waals surface area (Å²) >= 11 is 0. The molecule has 6 unspecified atom stereocenters. The van der Waals surface area contributed by atoms with Crippen LogP contribution in [0.5, 0.6) is 0 Å². The average molecular weight is 792 g/mol. The van der Waals surface area contributed by atoms with Crippen molar-refractivity contribution in [1.82, 2.24) is 26.4 Å². The number of rotatable bonds is 23. The minimum Gasteiger partial charge on any atom is -0.456 e. The van der Waals surface area contributed by atoms with E-state index in [0.717, 1.165) is 11.1 Å². The topological polar surface area (TPSA) is 183 Å². The Bertz CT molecular complexity index is 1620. The van der Waals surface area contributed by atoms with E-state index in [1.165, 1.54) is 25.1 Å². The Labute approximate surface area is 338 Å². The molecule has 13 heteroatoms. The second-order valence-corrected chi connectivity index (χ2v) is 15.2. The number of likely N-dealkylation sites (N-methyl/N-ethyl adjacent to an activating group) is 2. The molecule has 1 fully saturated rings. The minimum atomic E-state index is -0.885. The lowest BCUT2D eigenvalue weighted by Crippen LogP contribution is -2.61. The van der Waals surface area contributed by atoms with Crippen LogP contribution in [0.25, 0.3) is 0 Å². The van der Waals surface area contributed by atoms with E-state index in [0.29, 0.717) is 50.5 Å². The molecule has 1 aliphatic rings. The molecule has 0 bridgehead atoms. The normalized spacial score (nSPS) is 18.2. The van der Waals surface area contributed by atoms with E-state index < -0.39 is 42.2 Å². The summed E-state index contributed by atoms with van der Waals surface area (Å²) in [6, 6.07) is 5.57. The van der Waals surface area contributed by atoms with E-state index in [4.69, 9.17) is 4.74 Å². The zero-order valence-corrected chi connectivity index (χ0v) is 35.0. The number of carbonyl (C=O) groups is 6. The minimum absolute atomic E-state index is 0.0114. The van der Waals surface area contributed by atoms with Crippen LogP contribution in [0.4, 0.5) is 0 Å². The van der Waals surface area contributed by atoms with E-state index >= 15 is 0 Å². The van der Waals surface area contributed by atoms with E-state index in [9.17, 15) is 33.9 Å². The van der Waals surface area contributed by atoms with Gasteiger partial charge in [-0.2, -0.15) is 0 Å². The molecule has 0 saturated carbocycles. The highest BCUT2D eigenvalue weighted by molar-refractivity contribution is 5.90. The van der Waals surface area contributed by atoms with Crippen molar-refractivity contribution in [2.75, 3.05) is 20.6 Å². The number of carbonyl (C=O) groups excluding carboxylic acids is 6.